The number of halogens is 4. The molecule has 1 aliphatic carbocycles. The Morgan fingerprint density at radius 2 is 1.67 bits per heavy atom. The lowest BCUT2D eigenvalue weighted by Crippen LogP contribution is -2.31. The molecular weight excluding hydrogens is 663 g/mol. The zero-order chi connectivity index (χ0) is 36.0. The molecule has 258 valence electrons. The van der Waals surface area contributed by atoms with Gasteiger partial charge in [0.25, 0.3) is 11.8 Å². The van der Waals surface area contributed by atoms with Crippen LogP contribution in [-0.4, -0.2) is 66.3 Å². The number of benzene rings is 2. The van der Waals surface area contributed by atoms with Gasteiger partial charge in [-0.1, -0.05) is 18.2 Å². The number of methoxy groups -OCH3 is 1. The van der Waals surface area contributed by atoms with E-state index in [1.165, 1.54) is 36.3 Å². The van der Waals surface area contributed by atoms with Crippen molar-refractivity contribution >= 4 is 41.0 Å². The SMILES string of the molecule is COC(=O)C1=CC(Cl)C(OC(=O)CCCc2ccc(NC(=O)c3ccc(C)nc3-c3ccc(C(F)(F)F)cc3)c(C(=O)N(C)C)c2)C(C)=C1. The molecule has 0 spiro atoms. The van der Waals surface area contributed by atoms with Gasteiger partial charge in [0.1, 0.15) is 6.10 Å². The Hall–Kier alpha value is -4.97. The molecule has 0 aliphatic heterocycles. The van der Waals surface area contributed by atoms with Crippen molar-refractivity contribution < 1.29 is 41.8 Å². The van der Waals surface area contributed by atoms with Crippen LogP contribution in [0.25, 0.3) is 11.3 Å². The van der Waals surface area contributed by atoms with Crippen molar-refractivity contribution in [3.05, 3.63) is 106 Å². The number of nitrogens with zero attached hydrogens (tertiary/aromatic N) is 2. The summed E-state index contributed by atoms with van der Waals surface area (Å²) >= 11 is 6.37. The predicted octanol–water partition coefficient (Wildman–Crippen LogP) is 6.93. The number of ether oxygens (including phenoxy) is 2. The number of rotatable bonds is 10. The first-order valence-electron chi connectivity index (χ1n) is 15.2. The normalized spacial score (nSPS) is 15.9. The lowest BCUT2D eigenvalue weighted by molar-refractivity contribution is -0.147. The summed E-state index contributed by atoms with van der Waals surface area (Å²) in [6, 6.07) is 12.4. The van der Waals surface area contributed by atoms with Crippen LogP contribution >= 0.6 is 11.6 Å². The average Bonchev–Trinajstić information content (AvgIpc) is 3.05. The number of alkyl halides is 4. The van der Waals surface area contributed by atoms with E-state index in [0.29, 0.717) is 29.7 Å². The van der Waals surface area contributed by atoms with Crippen molar-refractivity contribution in [2.75, 3.05) is 26.5 Å². The summed E-state index contributed by atoms with van der Waals surface area (Å²) in [6.07, 6.45) is -1.35. The van der Waals surface area contributed by atoms with Gasteiger partial charge in [-0.15, -0.1) is 11.6 Å². The Morgan fingerprint density at radius 1 is 0.980 bits per heavy atom. The number of aromatic nitrogens is 1. The first kappa shape index (κ1) is 36.9. The highest BCUT2D eigenvalue weighted by Gasteiger charge is 2.31. The van der Waals surface area contributed by atoms with Crippen molar-refractivity contribution in [2.45, 2.75) is 50.8 Å². The van der Waals surface area contributed by atoms with E-state index in [-0.39, 0.29) is 40.4 Å². The first-order valence-corrected chi connectivity index (χ1v) is 15.7. The predicted molar refractivity (Wildman–Crippen MR) is 178 cm³/mol. The molecule has 1 aromatic heterocycles. The van der Waals surface area contributed by atoms with Gasteiger partial charge in [-0.05, 0) is 86.4 Å². The average molecular weight is 698 g/mol. The topological polar surface area (TPSA) is 115 Å². The van der Waals surface area contributed by atoms with Crippen LogP contribution in [0.2, 0.25) is 0 Å². The van der Waals surface area contributed by atoms with Crippen LogP contribution in [0.15, 0.2) is 77.9 Å². The molecule has 13 heteroatoms. The zero-order valence-corrected chi connectivity index (χ0v) is 28.2. The largest absolute Gasteiger partial charge is 0.465 e. The molecular formula is C36H35ClF3N3O6. The molecule has 0 fully saturated rings. The van der Waals surface area contributed by atoms with E-state index in [2.05, 4.69) is 10.3 Å². The number of pyridine rings is 1. The number of anilines is 1. The molecule has 0 bridgehead atoms. The van der Waals surface area contributed by atoms with E-state index in [1.807, 2.05) is 0 Å². The Morgan fingerprint density at radius 3 is 2.29 bits per heavy atom. The van der Waals surface area contributed by atoms with E-state index in [1.54, 1.807) is 58.3 Å². The zero-order valence-electron chi connectivity index (χ0n) is 27.5. The van der Waals surface area contributed by atoms with Crippen LogP contribution in [-0.2, 0) is 31.7 Å². The molecule has 0 saturated heterocycles. The van der Waals surface area contributed by atoms with Gasteiger partial charge in [0.15, 0.2) is 0 Å². The Kier molecular flexibility index (Phi) is 11.7. The van der Waals surface area contributed by atoms with E-state index >= 15 is 0 Å². The minimum atomic E-state index is -4.51. The van der Waals surface area contributed by atoms with Gasteiger partial charge in [-0.2, -0.15) is 13.2 Å². The number of hydrogen-bond donors (Lipinski definition) is 1. The van der Waals surface area contributed by atoms with Crippen LogP contribution in [0.5, 0.6) is 0 Å². The molecule has 1 aliphatic rings. The summed E-state index contributed by atoms with van der Waals surface area (Å²) < 4.78 is 49.7. The summed E-state index contributed by atoms with van der Waals surface area (Å²) in [5.41, 5.74) is 2.39. The molecule has 9 nitrogen and oxygen atoms in total. The number of hydrogen-bond acceptors (Lipinski definition) is 7. The van der Waals surface area contributed by atoms with Crippen LogP contribution in [0.1, 0.15) is 57.3 Å². The third-order valence-electron chi connectivity index (χ3n) is 7.72. The van der Waals surface area contributed by atoms with Gasteiger partial charge in [-0.3, -0.25) is 19.4 Å². The van der Waals surface area contributed by atoms with Gasteiger partial charge in [0.05, 0.1) is 46.1 Å². The highest BCUT2D eigenvalue weighted by molar-refractivity contribution is 6.23. The second-order valence-electron chi connectivity index (χ2n) is 11.7. The highest BCUT2D eigenvalue weighted by atomic mass is 35.5. The summed E-state index contributed by atoms with van der Waals surface area (Å²) in [6.45, 7) is 3.40. The standard InChI is InChI=1S/C36H35ClF3N3O6/c1-20-17-24(35(47)48-5)19-28(37)32(20)49-30(44)8-6-7-22-10-16-29(27(18-22)34(46)43(3)4)42-33(45)26-15-9-21(2)41-31(26)23-11-13-25(14-12-23)36(38,39)40/h9-19,28,32H,6-8H2,1-5H3,(H,42,45). The number of aryl methyl sites for hydroxylation is 2. The third-order valence-corrected chi connectivity index (χ3v) is 8.07. The van der Waals surface area contributed by atoms with Crippen molar-refractivity contribution in [1.82, 2.24) is 9.88 Å². The fourth-order valence-corrected chi connectivity index (χ4v) is 5.55. The number of esters is 2. The Balaban J connectivity index is 1.47. The number of amides is 2. The first-order chi connectivity index (χ1) is 23.1. The molecule has 2 atom stereocenters. The van der Waals surface area contributed by atoms with Crippen LogP contribution in [0.3, 0.4) is 0 Å². The van der Waals surface area contributed by atoms with Gasteiger partial charge >= 0.3 is 18.1 Å². The molecule has 2 unspecified atom stereocenters. The maximum absolute atomic E-state index is 13.6. The molecule has 2 amide bonds. The van der Waals surface area contributed by atoms with E-state index in [9.17, 15) is 32.3 Å². The molecule has 3 aromatic rings. The van der Waals surface area contributed by atoms with Crippen molar-refractivity contribution in [3.8, 4) is 11.3 Å². The summed E-state index contributed by atoms with van der Waals surface area (Å²) in [5, 5.41) is 2.02. The monoisotopic (exact) mass is 697 g/mol. The maximum Gasteiger partial charge on any atom is 0.416 e. The lowest BCUT2D eigenvalue weighted by atomic mass is 9.97. The fourth-order valence-electron chi connectivity index (χ4n) is 5.17. The van der Waals surface area contributed by atoms with Gasteiger partial charge < -0.3 is 19.7 Å². The second-order valence-corrected chi connectivity index (χ2v) is 12.2. The van der Waals surface area contributed by atoms with Crippen molar-refractivity contribution in [3.63, 3.8) is 0 Å². The maximum atomic E-state index is 13.6. The number of nitrogens with one attached hydrogen (secondary N) is 1. The quantitative estimate of drug-likeness (QED) is 0.181. The van der Waals surface area contributed by atoms with E-state index < -0.39 is 41.1 Å². The number of carbonyl (C=O) groups is 4. The Bertz CT molecular complexity index is 1820. The second kappa shape index (κ2) is 15.5. The Labute approximate surface area is 286 Å². The summed E-state index contributed by atoms with van der Waals surface area (Å²) in [5.74, 6) is -2.01. The van der Waals surface area contributed by atoms with Crippen LogP contribution < -0.4 is 5.32 Å². The molecule has 0 radical (unpaired) electrons. The van der Waals surface area contributed by atoms with E-state index in [0.717, 1.165) is 17.7 Å². The molecule has 0 saturated carbocycles. The summed E-state index contributed by atoms with van der Waals surface area (Å²) in [7, 11) is 4.40. The highest BCUT2D eigenvalue weighted by Crippen LogP contribution is 2.32. The van der Waals surface area contributed by atoms with Crippen molar-refractivity contribution in [2.24, 2.45) is 0 Å². The fraction of sp³-hybridized carbons (Fsp3) is 0.306. The minimum Gasteiger partial charge on any atom is -0.465 e. The molecule has 49 heavy (non-hydrogen) atoms. The molecule has 4 rings (SSSR count). The van der Waals surface area contributed by atoms with Gasteiger partial charge in [0.2, 0.25) is 0 Å². The summed E-state index contributed by atoms with van der Waals surface area (Å²) in [4.78, 5) is 57.0. The minimum absolute atomic E-state index is 0.0591. The van der Waals surface area contributed by atoms with Gasteiger partial charge in [0, 0.05) is 31.8 Å². The van der Waals surface area contributed by atoms with Crippen LogP contribution in [0, 0.1) is 6.92 Å². The van der Waals surface area contributed by atoms with E-state index in [4.69, 9.17) is 21.1 Å². The smallest absolute Gasteiger partial charge is 0.416 e. The lowest BCUT2D eigenvalue weighted by Gasteiger charge is -2.25. The third kappa shape index (κ3) is 9.14. The number of carbonyl (C=O) groups excluding carboxylic acids is 4. The molecule has 2 aromatic carbocycles. The molecule has 1 N–H and O–H groups in total. The van der Waals surface area contributed by atoms with Gasteiger partial charge in [-0.25, -0.2) is 4.79 Å². The van der Waals surface area contributed by atoms with Crippen LogP contribution in [0.4, 0.5) is 18.9 Å². The molecule has 1 heterocycles. The van der Waals surface area contributed by atoms with Crippen molar-refractivity contribution in [1.29, 1.82) is 0 Å².